The molecule has 2 aliphatic heterocycles. The lowest BCUT2D eigenvalue weighted by Gasteiger charge is -2.37. The summed E-state index contributed by atoms with van der Waals surface area (Å²) in [5.74, 6) is 1.53. The van der Waals surface area contributed by atoms with Gasteiger partial charge in [0.2, 0.25) is 5.91 Å². The number of rotatable bonds is 3. The third-order valence-corrected chi connectivity index (χ3v) is 6.41. The fourth-order valence-electron chi connectivity index (χ4n) is 4.74. The molecule has 2 aromatic carbocycles. The maximum absolute atomic E-state index is 13.9. The minimum atomic E-state index is -0.432. The largest absolute Gasteiger partial charge is 0.494 e. The third-order valence-electron chi connectivity index (χ3n) is 6.41. The van der Waals surface area contributed by atoms with Crippen molar-refractivity contribution in [3.63, 3.8) is 0 Å². The summed E-state index contributed by atoms with van der Waals surface area (Å²) < 4.78 is 18.5. The van der Waals surface area contributed by atoms with Crippen LogP contribution in [0, 0.1) is 0 Å². The molecule has 0 saturated heterocycles. The zero-order chi connectivity index (χ0) is 24.4. The Labute approximate surface area is 203 Å². The van der Waals surface area contributed by atoms with Gasteiger partial charge < -0.3 is 29.0 Å². The van der Waals surface area contributed by atoms with E-state index in [9.17, 15) is 9.59 Å². The standard InChI is InChI=1S/C26H28N4O5/c1-33-21-8-7-18(14-22(21)34-2)26(32)30-11-9-20-25-24(30)17-5-3-6-19(13-17)35-12-4-10-27-23(31)15-29(25)16-28-20/h3,5-8,13-14,16,24H,4,9-12,15H2,1-2H3,(H,27,31). The Hall–Kier alpha value is -4.01. The van der Waals surface area contributed by atoms with E-state index in [1.165, 1.54) is 0 Å². The summed E-state index contributed by atoms with van der Waals surface area (Å²) in [7, 11) is 3.11. The molecule has 1 aromatic heterocycles. The number of amides is 2. The summed E-state index contributed by atoms with van der Waals surface area (Å²) in [6.07, 6.45) is 2.99. The van der Waals surface area contributed by atoms with Crippen molar-refractivity contribution in [3.05, 3.63) is 71.3 Å². The molecule has 9 nitrogen and oxygen atoms in total. The highest BCUT2D eigenvalue weighted by molar-refractivity contribution is 5.95. The van der Waals surface area contributed by atoms with Crippen molar-refractivity contribution in [2.45, 2.75) is 25.4 Å². The number of ether oxygens (including phenoxy) is 3. The predicted octanol–water partition coefficient (Wildman–Crippen LogP) is 2.59. The Morgan fingerprint density at radius 3 is 2.83 bits per heavy atom. The number of fused-ring (bicyclic) bond motifs is 3. The molecule has 0 saturated carbocycles. The molecule has 0 fully saturated rings. The van der Waals surface area contributed by atoms with Crippen LogP contribution in [0.4, 0.5) is 0 Å². The van der Waals surface area contributed by atoms with E-state index < -0.39 is 6.04 Å². The fraction of sp³-hybridized carbons (Fsp3) is 0.346. The fourth-order valence-corrected chi connectivity index (χ4v) is 4.74. The molecule has 1 unspecified atom stereocenters. The molecule has 0 radical (unpaired) electrons. The molecular formula is C26H28N4O5. The maximum atomic E-state index is 13.9. The van der Waals surface area contributed by atoms with Crippen LogP contribution < -0.4 is 19.5 Å². The molecule has 2 bridgehead atoms. The van der Waals surface area contributed by atoms with Crippen LogP contribution in [0.15, 0.2) is 48.8 Å². The zero-order valence-corrected chi connectivity index (χ0v) is 19.8. The highest BCUT2D eigenvalue weighted by Gasteiger charge is 2.36. The third kappa shape index (κ3) is 4.41. The normalized spacial score (nSPS) is 17.6. The van der Waals surface area contributed by atoms with Crippen LogP contribution in [-0.2, 0) is 17.8 Å². The summed E-state index contributed by atoms with van der Waals surface area (Å²) >= 11 is 0. The molecule has 3 aromatic rings. The van der Waals surface area contributed by atoms with Crippen molar-refractivity contribution in [2.75, 3.05) is 33.9 Å². The molecule has 2 amide bonds. The number of imidazole rings is 1. The van der Waals surface area contributed by atoms with Crippen molar-refractivity contribution in [1.82, 2.24) is 19.8 Å². The number of hydrogen-bond donors (Lipinski definition) is 1. The Morgan fingerprint density at radius 2 is 2.00 bits per heavy atom. The summed E-state index contributed by atoms with van der Waals surface area (Å²) in [5.41, 5.74) is 3.13. The van der Waals surface area contributed by atoms with Crippen LogP contribution in [0.25, 0.3) is 0 Å². The molecule has 1 atom stereocenters. The first-order valence-corrected chi connectivity index (χ1v) is 11.7. The summed E-state index contributed by atoms with van der Waals surface area (Å²) in [6.45, 7) is 1.64. The van der Waals surface area contributed by atoms with Crippen molar-refractivity contribution in [2.24, 2.45) is 0 Å². The van der Waals surface area contributed by atoms with Gasteiger partial charge in [0.05, 0.1) is 44.6 Å². The first-order chi connectivity index (χ1) is 17.1. The molecule has 3 heterocycles. The zero-order valence-electron chi connectivity index (χ0n) is 19.8. The summed E-state index contributed by atoms with van der Waals surface area (Å²) in [4.78, 5) is 32.9. The van der Waals surface area contributed by atoms with Gasteiger partial charge in [-0.2, -0.15) is 0 Å². The second kappa shape index (κ2) is 9.69. The van der Waals surface area contributed by atoms with Gasteiger partial charge in [0.25, 0.3) is 5.91 Å². The van der Waals surface area contributed by atoms with Gasteiger partial charge in [-0.05, 0) is 42.3 Å². The van der Waals surface area contributed by atoms with Crippen molar-refractivity contribution < 1.29 is 23.8 Å². The maximum Gasteiger partial charge on any atom is 0.254 e. The van der Waals surface area contributed by atoms with Crippen LogP contribution in [0.2, 0.25) is 0 Å². The van der Waals surface area contributed by atoms with E-state index in [0.29, 0.717) is 49.6 Å². The molecule has 0 spiro atoms. The van der Waals surface area contributed by atoms with Crippen LogP contribution >= 0.6 is 0 Å². The molecule has 2 aliphatic rings. The lowest BCUT2D eigenvalue weighted by atomic mass is 9.94. The van der Waals surface area contributed by atoms with Gasteiger partial charge in [-0.25, -0.2) is 4.98 Å². The van der Waals surface area contributed by atoms with Gasteiger partial charge in [0.1, 0.15) is 12.3 Å². The number of methoxy groups -OCH3 is 2. The molecular weight excluding hydrogens is 448 g/mol. The minimum absolute atomic E-state index is 0.0988. The van der Waals surface area contributed by atoms with Crippen LogP contribution in [0.3, 0.4) is 0 Å². The smallest absolute Gasteiger partial charge is 0.254 e. The van der Waals surface area contributed by atoms with Gasteiger partial charge in [-0.3, -0.25) is 9.59 Å². The summed E-state index contributed by atoms with van der Waals surface area (Å²) in [5, 5.41) is 2.94. The number of carbonyl (C=O) groups excluding carboxylic acids is 2. The number of nitrogens with one attached hydrogen (secondary N) is 1. The number of carbonyl (C=O) groups is 2. The molecule has 182 valence electrons. The van der Waals surface area contributed by atoms with Crippen LogP contribution in [0.5, 0.6) is 17.2 Å². The van der Waals surface area contributed by atoms with Crippen LogP contribution in [-0.4, -0.2) is 60.2 Å². The van der Waals surface area contributed by atoms with E-state index in [2.05, 4.69) is 10.3 Å². The first-order valence-electron chi connectivity index (χ1n) is 11.7. The van der Waals surface area contributed by atoms with E-state index in [4.69, 9.17) is 14.2 Å². The monoisotopic (exact) mass is 476 g/mol. The second-order valence-electron chi connectivity index (χ2n) is 8.55. The van der Waals surface area contributed by atoms with Crippen molar-refractivity contribution >= 4 is 11.8 Å². The van der Waals surface area contributed by atoms with E-state index in [1.807, 2.05) is 33.7 Å². The number of benzene rings is 2. The Morgan fingerprint density at radius 1 is 1.14 bits per heavy atom. The first kappa shape index (κ1) is 22.8. The van der Waals surface area contributed by atoms with Gasteiger partial charge in [-0.15, -0.1) is 0 Å². The highest BCUT2D eigenvalue weighted by atomic mass is 16.5. The molecule has 0 aliphatic carbocycles. The van der Waals surface area contributed by atoms with E-state index >= 15 is 0 Å². The lowest BCUT2D eigenvalue weighted by Crippen LogP contribution is -2.42. The van der Waals surface area contributed by atoms with Crippen molar-refractivity contribution in [1.29, 1.82) is 0 Å². The molecule has 5 rings (SSSR count). The minimum Gasteiger partial charge on any atom is -0.494 e. The Bertz CT molecular complexity index is 1250. The van der Waals surface area contributed by atoms with Gasteiger partial charge in [0, 0.05) is 25.1 Å². The second-order valence-corrected chi connectivity index (χ2v) is 8.55. The predicted molar refractivity (Wildman–Crippen MR) is 128 cm³/mol. The number of nitrogens with zero attached hydrogens (tertiary/aromatic N) is 3. The van der Waals surface area contributed by atoms with Gasteiger partial charge in [-0.1, -0.05) is 12.1 Å². The quantitative estimate of drug-likeness (QED) is 0.625. The van der Waals surface area contributed by atoms with Crippen LogP contribution in [0.1, 0.15) is 39.8 Å². The highest BCUT2D eigenvalue weighted by Crippen LogP contribution is 2.38. The van der Waals surface area contributed by atoms with E-state index in [1.54, 1.807) is 38.7 Å². The number of hydrogen-bond acceptors (Lipinski definition) is 6. The SMILES string of the molecule is COc1ccc(C(=O)N2CCc3ncn4c3C2c2cccc(c2)OCCCNC(=O)C4)cc1OC. The summed E-state index contributed by atoms with van der Waals surface area (Å²) in [6, 6.07) is 12.5. The average molecular weight is 477 g/mol. The average Bonchev–Trinajstić information content (AvgIpc) is 3.29. The van der Waals surface area contributed by atoms with E-state index in [0.717, 1.165) is 22.7 Å². The lowest BCUT2D eigenvalue weighted by molar-refractivity contribution is -0.121. The van der Waals surface area contributed by atoms with E-state index in [-0.39, 0.29) is 18.4 Å². The Kier molecular flexibility index (Phi) is 6.31. The molecule has 1 N–H and O–H groups in total. The molecule has 35 heavy (non-hydrogen) atoms. The van der Waals surface area contributed by atoms with Gasteiger partial charge in [0.15, 0.2) is 11.5 Å². The van der Waals surface area contributed by atoms with Gasteiger partial charge >= 0.3 is 0 Å². The topological polar surface area (TPSA) is 94.9 Å². The number of aromatic nitrogens is 2. The Balaban J connectivity index is 1.61. The van der Waals surface area contributed by atoms with Crippen molar-refractivity contribution in [3.8, 4) is 17.2 Å². The molecule has 9 heteroatoms.